The highest BCUT2D eigenvalue weighted by Gasteiger charge is 2.54. The number of nitrogens with zero attached hydrogens (tertiary/aromatic N) is 4. The summed E-state index contributed by atoms with van der Waals surface area (Å²) < 4.78 is 48.6. The molecular weight excluding hydrogens is 507 g/mol. The molecule has 4 bridgehead atoms. The third-order valence-corrected chi connectivity index (χ3v) is 10.2. The molecular formula is C29H36F3N5O2. The molecule has 10 heteroatoms. The van der Waals surface area contributed by atoms with E-state index in [0.717, 1.165) is 35.5 Å². The fourth-order valence-corrected chi connectivity index (χ4v) is 8.78. The average molecular weight is 544 g/mol. The summed E-state index contributed by atoms with van der Waals surface area (Å²) in [6.07, 6.45) is 4.68. The maximum Gasteiger partial charge on any atom is 0.410 e. The van der Waals surface area contributed by atoms with E-state index in [2.05, 4.69) is 15.3 Å². The van der Waals surface area contributed by atoms with Gasteiger partial charge in [-0.15, -0.1) is 0 Å². The summed E-state index contributed by atoms with van der Waals surface area (Å²) in [5.41, 5.74) is 1.22. The van der Waals surface area contributed by atoms with E-state index in [1.54, 1.807) is 36.3 Å². The van der Waals surface area contributed by atoms with Gasteiger partial charge < -0.3 is 15.0 Å². The van der Waals surface area contributed by atoms with Crippen LogP contribution in [0.15, 0.2) is 30.5 Å². The zero-order valence-electron chi connectivity index (χ0n) is 22.3. The third-order valence-electron chi connectivity index (χ3n) is 10.2. The maximum absolute atomic E-state index is 14.1. The van der Waals surface area contributed by atoms with Gasteiger partial charge in [0, 0.05) is 38.1 Å². The Balaban J connectivity index is 1.09. The first-order valence-corrected chi connectivity index (χ1v) is 14.3. The number of benzene rings is 1. The minimum Gasteiger partial charge on any atom is -0.497 e. The number of alkyl halides is 3. The molecule has 1 saturated heterocycles. The van der Waals surface area contributed by atoms with Crippen molar-refractivity contribution < 1.29 is 22.7 Å². The number of carbonyl (C=O) groups is 1. The molecule has 1 aromatic heterocycles. The van der Waals surface area contributed by atoms with Gasteiger partial charge in [0.15, 0.2) is 6.04 Å². The number of hydrogen-bond acceptors (Lipinski definition) is 5. The zero-order valence-corrected chi connectivity index (χ0v) is 22.3. The van der Waals surface area contributed by atoms with Crippen LogP contribution in [-0.2, 0) is 0 Å². The summed E-state index contributed by atoms with van der Waals surface area (Å²) in [5.74, 6) is 3.13. The van der Waals surface area contributed by atoms with Crippen LogP contribution >= 0.6 is 0 Å². The molecule has 4 aliphatic carbocycles. The number of methoxy groups -OCH3 is 1. The molecule has 0 spiro atoms. The summed E-state index contributed by atoms with van der Waals surface area (Å²) in [4.78, 5) is 18.1. The number of piperazine rings is 1. The predicted octanol–water partition coefficient (Wildman–Crippen LogP) is 5.28. The van der Waals surface area contributed by atoms with Crippen molar-refractivity contribution in [2.24, 2.45) is 17.8 Å². The van der Waals surface area contributed by atoms with Crippen molar-refractivity contribution in [3.05, 3.63) is 41.6 Å². The Labute approximate surface area is 226 Å². The van der Waals surface area contributed by atoms with Gasteiger partial charge in [-0.3, -0.25) is 9.69 Å². The molecule has 210 valence electrons. The van der Waals surface area contributed by atoms with Crippen molar-refractivity contribution >= 4 is 11.7 Å². The summed E-state index contributed by atoms with van der Waals surface area (Å²) in [5, 5.41) is 7.29. The van der Waals surface area contributed by atoms with Crippen LogP contribution in [0.5, 0.6) is 5.75 Å². The van der Waals surface area contributed by atoms with E-state index in [0.29, 0.717) is 29.9 Å². The monoisotopic (exact) mass is 543 g/mol. The van der Waals surface area contributed by atoms with E-state index in [1.807, 2.05) is 0 Å². The Morgan fingerprint density at radius 2 is 1.59 bits per heavy atom. The fraction of sp³-hybridized carbons (Fsp3) is 0.655. The first-order chi connectivity index (χ1) is 18.7. The van der Waals surface area contributed by atoms with E-state index in [1.165, 1.54) is 44.7 Å². The van der Waals surface area contributed by atoms with Crippen LogP contribution in [0.1, 0.15) is 73.0 Å². The smallest absolute Gasteiger partial charge is 0.410 e. The third kappa shape index (κ3) is 4.30. The number of nitrogens with one attached hydrogen (secondary N) is 1. The van der Waals surface area contributed by atoms with Gasteiger partial charge in [0.05, 0.1) is 19.3 Å². The van der Waals surface area contributed by atoms with Crippen LogP contribution in [0.2, 0.25) is 0 Å². The molecule has 3 heterocycles. The minimum atomic E-state index is -4.49. The second-order valence-electron chi connectivity index (χ2n) is 12.5. The van der Waals surface area contributed by atoms with Crippen LogP contribution in [0, 0.1) is 17.8 Å². The minimum absolute atomic E-state index is 0.151. The van der Waals surface area contributed by atoms with E-state index >= 15 is 0 Å². The first-order valence-electron chi connectivity index (χ1n) is 14.3. The van der Waals surface area contributed by atoms with Gasteiger partial charge in [-0.25, -0.2) is 4.68 Å². The number of anilines is 1. The van der Waals surface area contributed by atoms with Gasteiger partial charge in [0.25, 0.3) is 5.91 Å². The van der Waals surface area contributed by atoms with Crippen molar-refractivity contribution in [1.82, 2.24) is 19.6 Å². The number of carbonyl (C=O) groups excluding carboxylic acids is 1. The van der Waals surface area contributed by atoms with Crippen LogP contribution in [-0.4, -0.2) is 70.5 Å². The maximum atomic E-state index is 14.1. The van der Waals surface area contributed by atoms with E-state index < -0.39 is 18.3 Å². The number of ether oxygens (including phenoxy) is 1. The number of hydrogen-bond donors (Lipinski definition) is 1. The summed E-state index contributed by atoms with van der Waals surface area (Å²) in [7, 11) is 1.55. The lowest BCUT2D eigenvalue weighted by atomic mass is 9.52. The molecule has 1 aromatic carbocycles. The summed E-state index contributed by atoms with van der Waals surface area (Å²) in [6, 6.07) is 4.59. The molecule has 5 fully saturated rings. The van der Waals surface area contributed by atoms with Crippen molar-refractivity contribution in [3.63, 3.8) is 0 Å². The van der Waals surface area contributed by atoms with E-state index in [9.17, 15) is 18.0 Å². The molecule has 2 aromatic rings. The molecule has 0 radical (unpaired) electrons. The quantitative estimate of drug-likeness (QED) is 0.569. The van der Waals surface area contributed by atoms with Gasteiger partial charge in [-0.05, 0) is 74.0 Å². The van der Waals surface area contributed by atoms with Crippen LogP contribution in [0.4, 0.5) is 19.0 Å². The van der Waals surface area contributed by atoms with Gasteiger partial charge in [-0.1, -0.05) is 12.1 Å². The molecule has 8 rings (SSSR count). The van der Waals surface area contributed by atoms with Gasteiger partial charge >= 0.3 is 6.18 Å². The van der Waals surface area contributed by atoms with Crippen LogP contribution < -0.4 is 10.1 Å². The highest BCUT2D eigenvalue weighted by Crippen LogP contribution is 2.58. The highest BCUT2D eigenvalue weighted by atomic mass is 19.4. The van der Waals surface area contributed by atoms with Crippen molar-refractivity contribution in [1.29, 1.82) is 0 Å². The average Bonchev–Trinajstić information content (AvgIpc) is 3.35. The predicted molar refractivity (Wildman–Crippen MR) is 140 cm³/mol. The zero-order chi connectivity index (χ0) is 26.9. The van der Waals surface area contributed by atoms with Crippen molar-refractivity contribution in [2.75, 3.05) is 38.6 Å². The van der Waals surface area contributed by atoms with Crippen molar-refractivity contribution in [3.8, 4) is 5.75 Å². The van der Waals surface area contributed by atoms with Gasteiger partial charge in [-0.2, -0.15) is 18.3 Å². The Morgan fingerprint density at radius 1 is 0.974 bits per heavy atom. The molecule has 1 amide bonds. The van der Waals surface area contributed by atoms with E-state index in [-0.39, 0.29) is 23.7 Å². The number of rotatable bonds is 4. The number of fused-ring (bicyclic) bond motifs is 1. The SMILES string of the molecule is COc1ccc([C@@H]2C[C@@H](C(F)(F)F)n3ncc(C(=O)N4CCN(C56CC7CC(CC(C7)C5)C6)CC4)c3N2)cc1. The fourth-order valence-electron chi connectivity index (χ4n) is 8.78. The van der Waals surface area contributed by atoms with Gasteiger partial charge in [0.1, 0.15) is 17.1 Å². The molecule has 4 saturated carbocycles. The molecule has 2 aliphatic heterocycles. The second kappa shape index (κ2) is 9.14. The molecule has 2 atom stereocenters. The van der Waals surface area contributed by atoms with Gasteiger partial charge in [0.2, 0.25) is 0 Å². The van der Waals surface area contributed by atoms with Crippen LogP contribution in [0.25, 0.3) is 0 Å². The molecule has 0 unspecified atom stereocenters. The standard InChI is InChI=1S/C29H36F3N5O2/c1-39-22-4-2-21(3-5-22)24-13-25(29(30,31)32)37-26(34-24)23(17-33-37)27(38)35-6-8-36(9-7-35)28-14-18-10-19(15-28)12-20(11-18)16-28/h2-5,17-20,24-25,34H,6-16H2,1H3/t18?,19?,20?,24-,25-,28?/m0/s1. The Kier molecular flexibility index (Phi) is 5.92. The number of aromatic nitrogens is 2. The lowest BCUT2D eigenvalue weighted by Gasteiger charge is -2.61. The lowest BCUT2D eigenvalue weighted by Crippen LogP contribution is -2.64. The Bertz CT molecular complexity index is 1200. The largest absolute Gasteiger partial charge is 0.497 e. The Morgan fingerprint density at radius 3 is 2.15 bits per heavy atom. The Hall–Kier alpha value is -2.75. The molecule has 6 aliphatic rings. The lowest BCUT2D eigenvalue weighted by molar-refractivity contribution is -0.173. The molecule has 1 N–H and O–H groups in total. The number of halogens is 3. The summed E-state index contributed by atoms with van der Waals surface area (Å²) >= 11 is 0. The summed E-state index contributed by atoms with van der Waals surface area (Å²) in [6.45, 7) is 2.84. The topological polar surface area (TPSA) is 62.6 Å². The molecule has 39 heavy (non-hydrogen) atoms. The van der Waals surface area contributed by atoms with E-state index in [4.69, 9.17) is 4.74 Å². The molecule has 7 nitrogen and oxygen atoms in total. The number of amides is 1. The highest BCUT2D eigenvalue weighted by molar-refractivity contribution is 5.99. The first kappa shape index (κ1) is 25.2. The second-order valence-corrected chi connectivity index (χ2v) is 12.5. The normalized spacial score (nSPS) is 34.1. The van der Waals surface area contributed by atoms with Crippen LogP contribution in [0.3, 0.4) is 0 Å². The van der Waals surface area contributed by atoms with Crippen molar-refractivity contribution in [2.45, 2.75) is 68.7 Å².